The van der Waals surface area contributed by atoms with Crippen LogP contribution in [0.1, 0.15) is 31.9 Å². The molecule has 0 aliphatic rings. The Morgan fingerprint density at radius 3 is 2.17 bits per heavy atom. The van der Waals surface area contributed by atoms with Crippen LogP contribution in [-0.4, -0.2) is 50.0 Å². The van der Waals surface area contributed by atoms with Crippen LogP contribution < -0.4 is 9.62 Å². The molecule has 2 amide bonds. The van der Waals surface area contributed by atoms with E-state index in [2.05, 4.69) is 5.32 Å². The molecule has 0 saturated heterocycles. The maximum absolute atomic E-state index is 13.4. The van der Waals surface area contributed by atoms with Gasteiger partial charge in [-0.15, -0.1) is 0 Å². The zero-order chi connectivity index (χ0) is 27.4. The van der Waals surface area contributed by atoms with E-state index in [0.29, 0.717) is 27.0 Å². The van der Waals surface area contributed by atoms with Crippen molar-refractivity contribution in [3.8, 4) is 0 Å². The highest BCUT2D eigenvalue weighted by atomic mass is 35.5. The first-order chi connectivity index (χ1) is 16.5. The van der Waals surface area contributed by atoms with E-state index >= 15 is 0 Å². The molecule has 0 saturated carbocycles. The van der Waals surface area contributed by atoms with Gasteiger partial charge < -0.3 is 10.2 Å². The average molecular weight is 568 g/mol. The Morgan fingerprint density at radius 1 is 1.03 bits per heavy atom. The molecule has 13 heteroatoms. The number of carbonyl (C=O) groups is 2. The van der Waals surface area contributed by atoms with Crippen LogP contribution in [0.5, 0.6) is 0 Å². The van der Waals surface area contributed by atoms with Crippen LogP contribution in [0, 0.1) is 0 Å². The number of carbonyl (C=O) groups excluding carboxylic acids is 2. The second-order valence-electron chi connectivity index (χ2n) is 8.39. The summed E-state index contributed by atoms with van der Waals surface area (Å²) in [6, 6.07) is 7.44. The predicted octanol–water partition coefficient (Wildman–Crippen LogP) is 4.72. The van der Waals surface area contributed by atoms with E-state index in [9.17, 15) is 31.2 Å². The van der Waals surface area contributed by atoms with Crippen molar-refractivity contribution < 1.29 is 31.2 Å². The van der Waals surface area contributed by atoms with Crippen molar-refractivity contribution >= 4 is 50.7 Å². The van der Waals surface area contributed by atoms with Gasteiger partial charge in [0.15, 0.2) is 0 Å². The van der Waals surface area contributed by atoms with E-state index in [1.165, 1.54) is 6.92 Å². The van der Waals surface area contributed by atoms with Gasteiger partial charge in [-0.05, 0) is 50.6 Å². The van der Waals surface area contributed by atoms with Crippen molar-refractivity contribution in [2.75, 3.05) is 17.1 Å². The molecule has 1 atom stereocenters. The monoisotopic (exact) mass is 567 g/mol. The van der Waals surface area contributed by atoms with Gasteiger partial charge >= 0.3 is 6.18 Å². The first kappa shape index (κ1) is 29.7. The normalized spacial score (nSPS) is 12.8. The molecule has 7 nitrogen and oxygen atoms in total. The zero-order valence-electron chi connectivity index (χ0n) is 19.9. The first-order valence-electron chi connectivity index (χ1n) is 10.7. The molecule has 36 heavy (non-hydrogen) atoms. The van der Waals surface area contributed by atoms with Gasteiger partial charge in [0.1, 0.15) is 12.6 Å². The Labute approximate surface area is 218 Å². The summed E-state index contributed by atoms with van der Waals surface area (Å²) in [6.45, 7) is 3.86. The van der Waals surface area contributed by atoms with Crippen LogP contribution in [0.3, 0.4) is 0 Å². The molecule has 2 rings (SSSR count). The van der Waals surface area contributed by atoms with E-state index in [1.54, 1.807) is 38.1 Å². The van der Waals surface area contributed by atoms with Crippen molar-refractivity contribution in [3.05, 3.63) is 63.6 Å². The molecule has 198 valence electrons. The summed E-state index contributed by atoms with van der Waals surface area (Å²) in [6.07, 6.45) is -4.03. The Morgan fingerprint density at radius 2 is 1.64 bits per heavy atom. The van der Waals surface area contributed by atoms with Crippen molar-refractivity contribution in [2.45, 2.75) is 45.6 Å². The van der Waals surface area contributed by atoms with Crippen LogP contribution in [0.15, 0.2) is 42.5 Å². The highest BCUT2D eigenvalue weighted by molar-refractivity contribution is 7.92. The number of sulfonamides is 1. The molecule has 0 heterocycles. The van der Waals surface area contributed by atoms with Crippen LogP contribution in [0.4, 0.5) is 18.9 Å². The second-order valence-corrected chi connectivity index (χ2v) is 11.1. The summed E-state index contributed by atoms with van der Waals surface area (Å²) in [5.41, 5.74) is -1.17. The number of hydrogen-bond acceptors (Lipinski definition) is 4. The summed E-state index contributed by atoms with van der Waals surface area (Å²) in [4.78, 5) is 27.3. The van der Waals surface area contributed by atoms with Gasteiger partial charge in [0, 0.05) is 17.6 Å². The Hall–Kier alpha value is -2.50. The standard InChI is InChI=1S/C23H26Cl2F3N3O4S/c1-14(2)29-22(33)15(3)30(12-16-7-5-6-8-18(16)24)21(32)13-31(36(4,34)35)20-11-17(23(26,27)28)9-10-19(20)25/h5-11,14-15H,12-13H2,1-4H3,(H,29,33)/t15-/m0/s1. The van der Waals surface area contributed by atoms with Crippen LogP contribution >= 0.6 is 23.2 Å². The van der Waals surface area contributed by atoms with Crippen molar-refractivity contribution in [1.82, 2.24) is 10.2 Å². The smallest absolute Gasteiger partial charge is 0.352 e. The molecule has 2 aromatic rings. The fourth-order valence-electron chi connectivity index (χ4n) is 3.27. The molecule has 0 fully saturated rings. The van der Waals surface area contributed by atoms with E-state index in [4.69, 9.17) is 23.2 Å². The predicted molar refractivity (Wildman–Crippen MR) is 133 cm³/mol. The summed E-state index contributed by atoms with van der Waals surface area (Å²) in [5.74, 6) is -1.35. The number of halogens is 5. The molecule has 0 radical (unpaired) electrons. The highest BCUT2D eigenvalue weighted by Gasteiger charge is 2.34. The SMILES string of the molecule is CC(C)NC(=O)[C@H](C)N(Cc1ccccc1Cl)C(=O)CN(c1cc(C(F)(F)F)ccc1Cl)S(C)(=O)=O. The zero-order valence-corrected chi connectivity index (χ0v) is 22.3. The largest absolute Gasteiger partial charge is 0.416 e. The van der Waals surface area contributed by atoms with Crippen LogP contribution in [0.25, 0.3) is 0 Å². The Bertz CT molecular complexity index is 1220. The number of benzene rings is 2. The molecule has 0 aliphatic heterocycles. The minimum Gasteiger partial charge on any atom is -0.352 e. The lowest BCUT2D eigenvalue weighted by molar-refractivity contribution is -0.139. The van der Waals surface area contributed by atoms with Gasteiger partial charge in [0.2, 0.25) is 21.8 Å². The number of rotatable bonds is 9. The van der Waals surface area contributed by atoms with Crippen molar-refractivity contribution in [2.24, 2.45) is 0 Å². The fourth-order valence-corrected chi connectivity index (χ4v) is 4.59. The summed E-state index contributed by atoms with van der Waals surface area (Å²) in [5, 5.41) is 2.69. The number of amides is 2. The van der Waals surface area contributed by atoms with Gasteiger partial charge in [-0.25, -0.2) is 8.42 Å². The summed E-state index contributed by atoms with van der Waals surface area (Å²) < 4.78 is 65.5. The number of nitrogens with one attached hydrogen (secondary N) is 1. The third kappa shape index (κ3) is 7.75. The highest BCUT2D eigenvalue weighted by Crippen LogP contribution is 2.36. The maximum atomic E-state index is 13.4. The van der Waals surface area contributed by atoms with E-state index in [0.717, 1.165) is 17.2 Å². The Balaban J connectivity index is 2.52. The third-order valence-corrected chi connectivity index (χ3v) is 6.93. The molecule has 0 aliphatic carbocycles. The van der Waals surface area contributed by atoms with Gasteiger partial charge in [0.25, 0.3) is 0 Å². The topological polar surface area (TPSA) is 86.8 Å². The lowest BCUT2D eigenvalue weighted by Gasteiger charge is -2.32. The molecule has 0 unspecified atom stereocenters. The van der Waals surface area contributed by atoms with Crippen LogP contribution in [0.2, 0.25) is 10.0 Å². The number of alkyl halides is 3. The van der Waals surface area contributed by atoms with Gasteiger partial charge in [-0.2, -0.15) is 13.2 Å². The Kier molecular flexibility index (Phi) is 9.66. The first-order valence-corrected chi connectivity index (χ1v) is 13.3. The minimum absolute atomic E-state index is 0.154. The molecule has 0 bridgehead atoms. The quantitative estimate of drug-likeness (QED) is 0.475. The minimum atomic E-state index is -4.77. The number of nitrogens with zero attached hydrogens (tertiary/aromatic N) is 2. The maximum Gasteiger partial charge on any atom is 0.416 e. The molecular formula is C23H26Cl2F3N3O4S. The van der Waals surface area contributed by atoms with E-state index in [1.807, 2.05) is 0 Å². The van der Waals surface area contributed by atoms with Crippen LogP contribution in [-0.2, 0) is 32.3 Å². The fraction of sp³-hybridized carbons (Fsp3) is 0.391. The second kappa shape index (κ2) is 11.7. The van der Waals surface area contributed by atoms with Crippen molar-refractivity contribution in [1.29, 1.82) is 0 Å². The van der Waals surface area contributed by atoms with Gasteiger partial charge in [-0.1, -0.05) is 41.4 Å². The number of hydrogen-bond donors (Lipinski definition) is 1. The third-order valence-electron chi connectivity index (χ3n) is 5.12. The lowest BCUT2D eigenvalue weighted by atomic mass is 10.1. The average Bonchev–Trinajstić information content (AvgIpc) is 2.74. The van der Waals surface area contributed by atoms with Gasteiger partial charge in [-0.3, -0.25) is 13.9 Å². The molecule has 2 aromatic carbocycles. The van der Waals surface area contributed by atoms with E-state index < -0.39 is 51.9 Å². The van der Waals surface area contributed by atoms with Gasteiger partial charge in [0.05, 0.1) is 22.5 Å². The molecular weight excluding hydrogens is 542 g/mol. The molecule has 0 spiro atoms. The van der Waals surface area contributed by atoms with E-state index in [-0.39, 0.29) is 17.6 Å². The lowest BCUT2D eigenvalue weighted by Crippen LogP contribution is -2.52. The van der Waals surface area contributed by atoms with Crippen molar-refractivity contribution in [3.63, 3.8) is 0 Å². The molecule has 0 aromatic heterocycles. The molecule has 1 N–H and O–H groups in total. The number of anilines is 1. The summed E-state index contributed by atoms with van der Waals surface area (Å²) >= 11 is 12.3. The summed E-state index contributed by atoms with van der Waals surface area (Å²) in [7, 11) is -4.27.